The number of hydrogen-bond donors (Lipinski definition) is 1. The summed E-state index contributed by atoms with van der Waals surface area (Å²) in [5.74, 6) is 0.261. The maximum absolute atomic E-state index is 11.7. The zero-order chi connectivity index (χ0) is 11.5. The van der Waals surface area contributed by atoms with Crippen LogP contribution in [0.5, 0.6) is 0 Å². The van der Waals surface area contributed by atoms with E-state index in [0.29, 0.717) is 6.54 Å². The minimum Gasteiger partial charge on any atom is -0.274 e. The summed E-state index contributed by atoms with van der Waals surface area (Å²) < 4.78 is 27.4. The number of rotatable bonds is 5. The fraction of sp³-hybridized carbons (Fsp3) is 0.625. The van der Waals surface area contributed by atoms with Crippen LogP contribution in [-0.4, -0.2) is 30.1 Å². The van der Waals surface area contributed by atoms with E-state index in [2.05, 4.69) is 25.8 Å². The third kappa shape index (κ3) is 3.58. The number of aryl methyl sites for hydroxylation is 1. The molecule has 5 nitrogen and oxygen atoms in total. The van der Waals surface area contributed by atoms with Gasteiger partial charge in [-0.15, -0.1) is 0 Å². The molecule has 0 radical (unpaired) electrons. The monoisotopic (exact) mass is 295 g/mol. The number of halogens is 1. The van der Waals surface area contributed by atoms with Gasteiger partial charge in [-0.25, -0.2) is 13.1 Å². The molecule has 15 heavy (non-hydrogen) atoms. The Morgan fingerprint density at radius 1 is 1.67 bits per heavy atom. The average Bonchev–Trinajstić information content (AvgIpc) is 2.62. The summed E-state index contributed by atoms with van der Waals surface area (Å²) in [4.78, 5) is 0.201. The van der Waals surface area contributed by atoms with E-state index in [4.69, 9.17) is 0 Å². The van der Waals surface area contributed by atoms with E-state index in [-0.39, 0.29) is 10.8 Å². The summed E-state index contributed by atoms with van der Waals surface area (Å²) in [5, 5.41) is 4.58. The van der Waals surface area contributed by atoms with Gasteiger partial charge in [0.25, 0.3) is 0 Å². The number of nitrogens with zero attached hydrogens (tertiary/aromatic N) is 2. The number of sulfonamides is 1. The molecule has 0 bridgehead atoms. The standard InChI is InChI=1S/C8H14BrN3O2S/c1-7(3-9)4-11-15(13,14)8-5-10-12(2)6-8/h5-7,11H,3-4H2,1-2H3. The molecule has 0 saturated carbocycles. The van der Waals surface area contributed by atoms with E-state index < -0.39 is 10.0 Å². The van der Waals surface area contributed by atoms with E-state index in [1.54, 1.807) is 7.05 Å². The van der Waals surface area contributed by atoms with E-state index in [0.717, 1.165) is 5.33 Å². The molecule has 1 atom stereocenters. The summed E-state index contributed by atoms with van der Waals surface area (Å²) in [6.07, 6.45) is 2.81. The van der Waals surface area contributed by atoms with Gasteiger partial charge in [0.2, 0.25) is 10.0 Å². The summed E-state index contributed by atoms with van der Waals surface area (Å²) in [5.41, 5.74) is 0. The number of hydrogen-bond acceptors (Lipinski definition) is 3. The van der Waals surface area contributed by atoms with Crippen LogP contribution in [0.15, 0.2) is 17.3 Å². The van der Waals surface area contributed by atoms with Crippen molar-refractivity contribution in [2.45, 2.75) is 11.8 Å². The third-order valence-electron chi connectivity index (χ3n) is 1.88. The topological polar surface area (TPSA) is 64.0 Å². The van der Waals surface area contributed by atoms with Gasteiger partial charge in [0.05, 0.1) is 6.20 Å². The highest BCUT2D eigenvalue weighted by atomic mass is 79.9. The highest BCUT2D eigenvalue weighted by Crippen LogP contribution is 2.07. The van der Waals surface area contributed by atoms with Gasteiger partial charge in [-0.2, -0.15) is 5.10 Å². The Morgan fingerprint density at radius 2 is 2.33 bits per heavy atom. The second-order valence-corrected chi connectivity index (χ2v) is 5.88. The lowest BCUT2D eigenvalue weighted by molar-refractivity contribution is 0.563. The molecule has 1 rings (SSSR count). The average molecular weight is 296 g/mol. The van der Waals surface area contributed by atoms with Crippen LogP contribution in [0.4, 0.5) is 0 Å². The second kappa shape index (κ2) is 5.09. The van der Waals surface area contributed by atoms with Crippen molar-refractivity contribution in [3.63, 3.8) is 0 Å². The molecule has 1 aromatic heterocycles. The zero-order valence-electron chi connectivity index (χ0n) is 8.64. The van der Waals surface area contributed by atoms with E-state index in [9.17, 15) is 8.42 Å². The first-order chi connectivity index (χ1) is 6.95. The molecule has 0 amide bonds. The Morgan fingerprint density at radius 3 is 2.80 bits per heavy atom. The van der Waals surface area contributed by atoms with Crippen molar-refractivity contribution in [2.75, 3.05) is 11.9 Å². The Hall–Kier alpha value is -0.400. The van der Waals surface area contributed by atoms with E-state index >= 15 is 0 Å². The molecule has 86 valence electrons. The maximum Gasteiger partial charge on any atom is 0.243 e. The van der Waals surface area contributed by atoms with Crippen molar-refractivity contribution in [3.8, 4) is 0 Å². The lowest BCUT2D eigenvalue weighted by Crippen LogP contribution is -2.28. The van der Waals surface area contributed by atoms with Gasteiger partial charge < -0.3 is 0 Å². The van der Waals surface area contributed by atoms with Crippen molar-refractivity contribution >= 4 is 26.0 Å². The van der Waals surface area contributed by atoms with Crippen molar-refractivity contribution in [1.82, 2.24) is 14.5 Å². The molecule has 1 N–H and O–H groups in total. The highest BCUT2D eigenvalue weighted by molar-refractivity contribution is 9.09. The van der Waals surface area contributed by atoms with Gasteiger partial charge in [-0.1, -0.05) is 22.9 Å². The van der Waals surface area contributed by atoms with Crippen molar-refractivity contribution in [1.29, 1.82) is 0 Å². The van der Waals surface area contributed by atoms with Crippen molar-refractivity contribution < 1.29 is 8.42 Å². The molecule has 0 fully saturated rings. The Balaban J connectivity index is 2.68. The smallest absolute Gasteiger partial charge is 0.243 e. The fourth-order valence-electron chi connectivity index (χ4n) is 0.927. The van der Waals surface area contributed by atoms with Crippen molar-refractivity contribution in [3.05, 3.63) is 12.4 Å². The Labute approximate surface area is 98.0 Å². The predicted octanol–water partition coefficient (Wildman–Crippen LogP) is 0.729. The first-order valence-electron chi connectivity index (χ1n) is 4.50. The predicted molar refractivity (Wildman–Crippen MR) is 61.4 cm³/mol. The van der Waals surface area contributed by atoms with Gasteiger partial charge in [-0.05, 0) is 5.92 Å². The highest BCUT2D eigenvalue weighted by Gasteiger charge is 2.16. The number of aromatic nitrogens is 2. The van der Waals surface area contributed by atoms with Crippen molar-refractivity contribution in [2.24, 2.45) is 13.0 Å². The van der Waals surface area contributed by atoms with Gasteiger partial charge >= 0.3 is 0 Å². The molecule has 1 aromatic rings. The molecule has 0 aliphatic carbocycles. The molecule has 0 aliphatic heterocycles. The second-order valence-electron chi connectivity index (χ2n) is 3.46. The molecular weight excluding hydrogens is 282 g/mol. The number of alkyl halides is 1. The lowest BCUT2D eigenvalue weighted by atomic mass is 10.2. The minimum absolute atomic E-state index is 0.201. The van der Waals surface area contributed by atoms with Gasteiger partial charge in [0.15, 0.2) is 0 Å². The molecule has 1 heterocycles. The fourth-order valence-corrected chi connectivity index (χ4v) is 2.30. The zero-order valence-corrected chi connectivity index (χ0v) is 11.0. The first-order valence-corrected chi connectivity index (χ1v) is 7.10. The summed E-state index contributed by atoms with van der Waals surface area (Å²) >= 11 is 3.29. The van der Waals surface area contributed by atoms with Crippen LogP contribution in [0.1, 0.15) is 6.92 Å². The van der Waals surface area contributed by atoms with Crippen LogP contribution in [-0.2, 0) is 17.1 Å². The molecule has 1 unspecified atom stereocenters. The first kappa shape index (κ1) is 12.7. The van der Waals surface area contributed by atoms with Crippen LogP contribution in [0.2, 0.25) is 0 Å². The van der Waals surface area contributed by atoms with Gasteiger partial charge in [0, 0.05) is 25.1 Å². The Kier molecular flexibility index (Phi) is 4.30. The molecule has 7 heteroatoms. The molecular formula is C8H14BrN3O2S. The molecule has 0 aliphatic rings. The number of nitrogens with one attached hydrogen (secondary N) is 1. The SMILES string of the molecule is CC(CBr)CNS(=O)(=O)c1cnn(C)c1. The van der Waals surface area contributed by atoms with Crippen LogP contribution in [0.25, 0.3) is 0 Å². The van der Waals surface area contributed by atoms with Crippen LogP contribution >= 0.6 is 15.9 Å². The summed E-state index contributed by atoms with van der Waals surface area (Å²) in [6, 6.07) is 0. The maximum atomic E-state index is 11.7. The lowest BCUT2D eigenvalue weighted by Gasteiger charge is -2.08. The molecule has 0 aromatic carbocycles. The summed E-state index contributed by atoms with van der Waals surface area (Å²) in [6.45, 7) is 2.38. The van der Waals surface area contributed by atoms with E-state index in [1.807, 2.05) is 6.92 Å². The normalized spacial score (nSPS) is 14.1. The van der Waals surface area contributed by atoms with Crippen LogP contribution in [0.3, 0.4) is 0 Å². The van der Waals surface area contributed by atoms with Crippen LogP contribution < -0.4 is 4.72 Å². The quantitative estimate of drug-likeness (QED) is 0.815. The van der Waals surface area contributed by atoms with Gasteiger partial charge in [0.1, 0.15) is 4.90 Å². The molecule has 0 spiro atoms. The third-order valence-corrected chi connectivity index (χ3v) is 4.36. The minimum atomic E-state index is -3.40. The van der Waals surface area contributed by atoms with Crippen LogP contribution in [0, 0.1) is 5.92 Å². The molecule has 0 saturated heterocycles. The Bertz CT molecular complexity index is 415. The summed E-state index contributed by atoms with van der Waals surface area (Å²) in [7, 11) is -1.72. The van der Waals surface area contributed by atoms with Gasteiger partial charge in [-0.3, -0.25) is 4.68 Å². The van der Waals surface area contributed by atoms with E-state index in [1.165, 1.54) is 17.1 Å². The largest absolute Gasteiger partial charge is 0.274 e.